The molecule has 1 N–H and O–H groups in total. The van der Waals surface area contributed by atoms with Crippen LogP contribution in [0.2, 0.25) is 0 Å². The minimum absolute atomic E-state index is 0.00481. The van der Waals surface area contributed by atoms with Crippen molar-refractivity contribution in [2.24, 2.45) is 0 Å². The average Bonchev–Trinajstić information content (AvgIpc) is 3.15. The number of nitrogens with one attached hydrogen (secondary N) is 1. The van der Waals surface area contributed by atoms with Crippen LogP contribution in [-0.2, 0) is 22.6 Å². The van der Waals surface area contributed by atoms with Gasteiger partial charge in [-0.3, -0.25) is 9.59 Å². The molecule has 0 radical (unpaired) electrons. The molecule has 7 heteroatoms. The minimum Gasteiger partial charge on any atom is -0.493 e. The molecule has 0 spiro atoms. The van der Waals surface area contributed by atoms with Crippen molar-refractivity contribution in [3.05, 3.63) is 59.2 Å². The van der Waals surface area contributed by atoms with Gasteiger partial charge in [0.1, 0.15) is 0 Å². The second-order valence-electron chi connectivity index (χ2n) is 8.03. The van der Waals surface area contributed by atoms with E-state index in [0.717, 1.165) is 16.7 Å². The first-order valence-corrected chi connectivity index (χ1v) is 10.5. The Morgan fingerprint density at radius 2 is 1.84 bits per heavy atom. The van der Waals surface area contributed by atoms with Gasteiger partial charge in [0.05, 0.1) is 26.2 Å². The summed E-state index contributed by atoms with van der Waals surface area (Å²) in [4.78, 5) is 28.0. The Kier molecular flexibility index (Phi) is 6.13. The maximum atomic E-state index is 13.1. The highest BCUT2D eigenvalue weighted by atomic mass is 16.5. The van der Waals surface area contributed by atoms with Crippen LogP contribution in [0.3, 0.4) is 0 Å². The Labute approximate surface area is 182 Å². The van der Waals surface area contributed by atoms with Crippen LogP contribution in [-0.4, -0.2) is 49.7 Å². The Balaban J connectivity index is 1.46. The van der Waals surface area contributed by atoms with E-state index in [0.29, 0.717) is 50.6 Å². The van der Waals surface area contributed by atoms with E-state index in [-0.39, 0.29) is 18.2 Å². The van der Waals surface area contributed by atoms with Crippen LogP contribution < -0.4 is 14.8 Å². The average molecular weight is 424 g/mol. The third kappa shape index (κ3) is 4.23. The summed E-state index contributed by atoms with van der Waals surface area (Å²) in [6.45, 7) is 2.00. The molecule has 2 aromatic rings. The highest BCUT2D eigenvalue weighted by Crippen LogP contribution is 2.38. The molecule has 0 saturated carbocycles. The highest BCUT2D eigenvalue weighted by molar-refractivity contribution is 5.99. The van der Waals surface area contributed by atoms with E-state index >= 15 is 0 Å². The van der Waals surface area contributed by atoms with Crippen LogP contribution in [0.5, 0.6) is 11.5 Å². The van der Waals surface area contributed by atoms with Gasteiger partial charge in [0.2, 0.25) is 5.91 Å². The Morgan fingerprint density at radius 3 is 2.55 bits per heavy atom. The third-order valence-corrected chi connectivity index (χ3v) is 6.24. The van der Waals surface area contributed by atoms with E-state index < -0.39 is 5.54 Å². The van der Waals surface area contributed by atoms with Crippen LogP contribution in [0.4, 0.5) is 0 Å². The molecule has 31 heavy (non-hydrogen) atoms. The first-order valence-electron chi connectivity index (χ1n) is 10.5. The van der Waals surface area contributed by atoms with Gasteiger partial charge < -0.3 is 24.4 Å². The molecule has 0 aliphatic carbocycles. The van der Waals surface area contributed by atoms with Gasteiger partial charge in [-0.05, 0) is 42.2 Å². The molecule has 7 nitrogen and oxygen atoms in total. The number of hydrogen-bond donors (Lipinski definition) is 1. The largest absolute Gasteiger partial charge is 0.493 e. The molecule has 0 bridgehead atoms. The standard InChI is InChI=1S/C24H28N2O5/c1-29-20-8-7-17(13-21(20)30-2)15-25-22(27)14-24(9-11-31-12-10-24)26-16-18-5-3-4-6-19(18)23(26)28/h3-8,13H,9-12,14-16H2,1-2H3,(H,25,27). The lowest BCUT2D eigenvalue weighted by atomic mass is 9.84. The van der Waals surface area contributed by atoms with Gasteiger partial charge in [0, 0.05) is 31.9 Å². The zero-order chi connectivity index (χ0) is 21.8. The molecule has 4 rings (SSSR count). The predicted molar refractivity (Wildman–Crippen MR) is 115 cm³/mol. The number of methoxy groups -OCH3 is 2. The van der Waals surface area contributed by atoms with Crippen molar-refractivity contribution >= 4 is 11.8 Å². The summed E-state index contributed by atoms with van der Waals surface area (Å²) in [6, 6.07) is 13.2. The van der Waals surface area contributed by atoms with Crippen molar-refractivity contribution in [3.8, 4) is 11.5 Å². The van der Waals surface area contributed by atoms with Crippen LogP contribution in [0, 0.1) is 0 Å². The first kappa shape index (κ1) is 21.2. The summed E-state index contributed by atoms with van der Waals surface area (Å²) in [5.74, 6) is 1.19. The van der Waals surface area contributed by atoms with Crippen molar-refractivity contribution in [1.82, 2.24) is 10.2 Å². The molecule has 0 aromatic heterocycles. The Bertz CT molecular complexity index is 968. The highest BCUT2D eigenvalue weighted by Gasteiger charge is 2.45. The monoisotopic (exact) mass is 424 g/mol. The molecule has 1 fully saturated rings. The van der Waals surface area contributed by atoms with Gasteiger partial charge in [0.25, 0.3) is 5.91 Å². The second kappa shape index (κ2) is 8.98. The number of hydrogen-bond acceptors (Lipinski definition) is 5. The van der Waals surface area contributed by atoms with Crippen LogP contribution in [0.25, 0.3) is 0 Å². The lowest BCUT2D eigenvalue weighted by Gasteiger charge is -2.44. The normalized spacial score (nSPS) is 17.2. The number of nitrogens with zero attached hydrogens (tertiary/aromatic N) is 1. The van der Waals surface area contributed by atoms with Crippen molar-refractivity contribution in [2.75, 3.05) is 27.4 Å². The van der Waals surface area contributed by atoms with Crippen molar-refractivity contribution in [2.45, 2.75) is 37.9 Å². The number of rotatable bonds is 7. The molecule has 1 saturated heterocycles. The second-order valence-corrected chi connectivity index (χ2v) is 8.03. The van der Waals surface area contributed by atoms with Crippen molar-refractivity contribution in [1.29, 1.82) is 0 Å². The number of benzene rings is 2. The zero-order valence-corrected chi connectivity index (χ0v) is 18.0. The Morgan fingerprint density at radius 1 is 1.10 bits per heavy atom. The van der Waals surface area contributed by atoms with Gasteiger partial charge in [-0.25, -0.2) is 0 Å². The molecule has 2 amide bonds. The molecule has 2 aliphatic rings. The van der Waals surface area contributed by atoms with E-state index in [1.165, 1.54) is 0 Å². The van der Waals surface area contributed by atoms with Crippen LogP contribution in [0.1, 0.15) is 40.7 Å². The van der Waals surface area contributed by atoms with E-state index in [1.54, 1.807) is 14.2 Å². The summed E-state index contributed by atoms with van der Waals surface area (Å²) in [7, 11) is 3.17. The summed E-state index contributed by atoms with van der Waals surface area (Å²) >= 11 is 0. The van der Waals surface area contributed by atoms with Gasteiger partial charge in [0.15, 0.2) is 11.5 Å². The van der Waals surface area contributed by atoms with Crippen molar-refractivity contribution in [3.63, 3.8) is 0 Å². The van der Waals surface area contributed by atoms with E-state index in [2.05, 4.69) is 5.32 Å². The lowest BCUT2D eigenvalue weighted by molar-refractivity contribution is -0.126. The van der Waals surface area contributed by atoms with Crippen LogP contribution >= 0.6 is 0 Å². The maximum Gasteiger partial charge on any atom is 0.254 e. The number of fused-ring (bicyclic) bond motifs is 1. The Hall–Kier alpha value is -3.06. The summed E-state index contributed by atoms with van der Waals surface area (Å²) < 4.78 is 16.2. The quantitative estimate of drug-likeness (QED) is 0.740. The fourth-order valence-electron chi connectivity index (χ4n) is 4.48. The van der Waals surface area contributed by atoms with Gasteiger partial charge in [-0.1, -0.05) is 24.3 Å². The number of carbonyl (C=O) groups is 2. The SMILES string of the molecule is COc1ccc(CNC(=O)CC2(N3Cc4ccccc4C3=O)CCOCC2)cc1OC. The molecule has 164 valence electrons. The van der Waals surface area contributed by atoms with Gasteiger partial charge in [-0.2, -0.15) is 0 Å². The molecule has 0 unspecified atom stereocenters. The fourth-order valence-corrected chi connectivity index (χ4v) is 4.48. The van der Waals surface area contributed by atoms with Crippen LogP contribution in [0.15, 0.2) is 42.5 Å². The van der Waals surface area contributed by atoms with Crippen molar-refractivity contribution < 1.29 is 23.8 Å². The molecular weight excluding hydrogens is 396 g/mol. The first-order chi connectivity index (χ1) is 15.1. The predicted octanol–water partition coefficient (Wildman–Crippen LogP) is 2.92. The van der Waals surface area contributed by atoms with Gasteiger partial charge >= 0.3 is 0 Å². The minimum atomic E-state index is -0.532. The van der Waals surface area contributed by atoms with E-state index in [9.17, 15) is 9.59 Å². The summed E-state index contributed by atoms with van der Waals surface area (Å²) in [6.07, 6.45) is 1.55. The molecular formula is C24H28N2O5. The lowest BCUT2D eigenvalue weighted by Crippen LogP contribution is -2.54. The number of carbonyl (C=O) groups excluding carboxylic acids is 2. The topological polar surface area (TPSA) is 77.1 Å². The number of amides is 2. The van der Waals surface area contributed by atoms with E-state index in [4.69, 9.17) is 14.2 Å². The summed E-state index contributed by atoms with van der Waals surface area (Å²) in [5, 5.41) is 3.01. The number of ether oxygens (including phenoxy) is 3. The third-order valence-electron chi connectivity index (χ3n) is 6.24. The molecule has 2 aromatic carbocycles. The smallest absolute Gasteiger partial charge is 0.254 e. The summed E-state index contributed by atoms with van der Waals surface area (Å²) in [5.41, 5.74) is 2.13. The molecule has 2 aliphatic heterocycles. The maximum absolute atomic E-state index is 13.1. The zero-order valence-electron chi connectivity index (χ0n) is 18.0. The van der Waals surface area contributed by atoms with Gasteiger partial charge in [-0.15, -0.1) is 0 Å². The van der Waals surface area contributed by atoms with E-state index in [1.807, 2.05) is 47.4 Å². The molecule has 2 heterocycles. The molecule has 0 atom stereocenters. The fraction of sp³-hybridized carbons (Fsp3) is 0.417.